The number of rotatable bonds is 5. The fourth-order valence-corrected chi connectivity index (χ4v) is 2.27. The molecule has 0 bridgehead atoms. The zero-order chi connectivity index (χ0) is 13.4. The zero-order valence-electron chi connectivity index (χ0n) is 11.6. The number of fused-ring (bicyclic) bond motifs is 1. The molecule has 1 saturated carbocycles. The summed E-state index contributed by atoms with van der Waals surface area (Å²) >= 11 is 0. The first-order chi connectivity index (χ1) is 9.13. The summed E-state index contributed by atoms with van der Waals surface area (Å²) in [5.74, 6) is 0.696. The molecule has 0 spiro atoms. The second-order valence-corrected chi connectivity index (χ2v) is 5.83. The number of aromatic nitrogens is 1. The Balaban J connectivity index is 1.87. The van der Waals surface area contributed by atoms with Crippen molar-refractivity contribution in [3.63, 3.8) is 0 Å². The van der Waals surface area contributed by atoms with E-state index in [1.54, 1.807) is 0 Å². The monoisotopic (exact) mass is 259 g/mol. The molecule has 1 heterocycles. The highest BCUT2D eigenvalue weighted by molar-refractivity contribution is 5.78. The van der Waals surface area contributed by atoms with Crippen LogP contribution < -0.4 is 10.6 Å². The quantitative estimate of drug-likeness (QED) is 0.836. The van der Waals surface area contributed by atoms with Gasteiger partial charge in [-0.1, -0.05) is 13.8 Å². The molecule has 4 nitrogen and oxygen atoms in total. The number of nitrogens with zero attached hydrogens (tertiary/aromatic N) is 2. The summed E-state index contributed by atoms with van der Waals surface area (Å²) in [4.78, 5) is 6.91. The number of anilines is 2. The fraction of sp³-hybridized carbons (Fsp3) is 0.533. The summed E-state index contributed by atoms with van der Waals surface area (Å²) in [6.45, 7) is 5.51. The number of hydrogen-bond acceptors (Lipinski definition) is 4. The van der Waals surface area contributed by atoms with Gasteiger partial charge in [-0.25, -0.2) is 0 Å². The second kappa shape index (κ2) is 4.76. The number of benzene rings is 1. The van der Waals surface area contributed by atoms with Gasteiger partial charge >= 0.3 is 0 Å². The Morgan fingerprint density at radius 2 is 2.21 bits per heavy atom. The highest BCUT2D eigenvalue weighted by atomic mass is 16.4. The normalized spacial score (nSPS) is 15.3. The molecule has 19 heavy (non-hydrogen) atoms. The SMILES string of the molecule is CC(C)CCN(c1nc2cc(N)ccc2o1)C1CC1. The molecule has 1 aromatic heterocycles. The Morgan fingerprint density at radius 1 is 1.42 bits per heavy atom. The van der Waals surface area contributed by atoms with E-state index in [0.717, 1.165) is 35.8 Å². The lowest BCUT2D eigenvalue weighted by atomic mass is 10.1. The van der Waals surface area contributed by atoms with Gasteiger partial charge in [-0.05, 0) is 43.4 Å². The number of oxazole rings is 1. The molecule has 0 amide bonds. The Hall–Kier alpha value is -1.71. The van der Waals surface area contributed by atoms with Crippen molar-refractivity contribution in [2.45, 2.75) is 39.2 Å². The molecule has 2 N–H and O–H groups in total. The molecule has 4 heteroatoms. The fourth-order valence-electron chi connectivity index (χ4n) is 2.27. The van der Waals surface area contributed by atoms with Crippen molar-refractivity contribution >= 4 is 22.8 Å². The van der Waals surface area contributed by atoms with Gasteiger partial charge in [0.25, 0.3) is 6.01 Å². The number of nitrogen functional groups attached to an aromatic ring is 1. The highest BCUT2D eigenvalue weighted by Crippen LogP contribution is 2.33. The van der Waals surface area contributed by atoms with E-state index in [9.17, 15) is 0 Å². The van der Waals surface area contributed by atoms with E-state index in [-0.39, 0.29) is 0 Å². The van der Waals surface area contributed by atoms with Crippen LogP contribution in [0.1, 0.15) is 33.1 Å². The first-order valence-corrected chi connectivity index (χ1v) is 7.06. The molecule has 2 aromatic rings. The molecule has 0 saturated heterocycles. The molecule has 1 aromatic carbocycles. The largest absolute Gasteiger partial charge is 0.423 e. The molecule has 3 rings (SSSR count). The Morgan fingerprint density at radius 3 is 2.89 bits per heavy atom. The van der Waals surface area contributed by atoms with Crippen molar-refractivity contribution in [1.82, 2.24) is 4.98 Å². The van der Waals surface area contributed by atoms with E-state index in [2.05, 4.69) is 23.7 Å². The van der Waals surface area contributed by atoms with Crippen molar-refractivity contribution in [3.8, 4) is 0 Å². The molecule has 0 radical (unpaired) electrons. The topological polar surface area (TPSA) is 55.3 Å². The van der Waals surface area contributed by atoms with E-state index in [0.29, 0.717) is 12.0 Å². The third-order valence-corrected chi connectivity index (χ3v) is 3.58. The summed E-state index contributed by atoms with van der Waals surface area (Å²) in [6, 6.07) is 6.99. The van der Waals surface area contributed by atoms with Gasteiger partial charge in [-0.2, -0.15) is 4.98 Å². The summed E-state index contributed by atoms with van der Waals surface area (Å²) in [7, 11) is 0. The van der Waals surface area contributed by atoms with Gasteiger partial charge in [0, 0.05) is 18.3 Å². The maximum absolute atomic E-state index is 5.88. The summed E-state index contributed by atoms with van der Waals surface area (Å²) in [6.07, 6.45) is 3.66. The van der Waals surface area contributed by atoms with Crippen LogP contribution in [0.15, 0.2) is 22.6 Å². The molecule has 0 unspecified atom stereocenters. The molecule has 0 atom stereocenters. The van der Waals surface area contributed by atoms with Gasteiger partial charge in [-0.15, -0.1) is 0 Å². The van der Waals surface area contributed by atoms with Gasteiger partial charge < -0.3 is 15.1 Å². The van der Waals surface area contributed by atoms with Crippen LogP contribution >= 0.6 is 0 Å². The highest BCUT2D eigenvalue weighted by Gasteiger charge is 2.32. The van der Waals surface area contributed by atoms with Gasteiger partial charge in [0.2, 0.25) is 0 Å². The van der Waals surface area contributed by atoms with Crippen LogP contribution in [0, 0.1) is 5.92 Å². The van der Waals surface area contributed by atoms with E-state index in [1.807, 2.05) is 18.2 Å². The average molecular weight is 259 g/mol. The van der Waals surface area contributed by atoms with Crippen LogP contribution in [0.4, 0.5) is 11.7 Å². The third-order valence-electron chi connectivity index (χ3n) is 3.58. The zero-order valence-corrected chi connectivity index (χ0v) is 11.6. The van der Waals surface area contributed by atoms with Crippen LogP contribution in [0.3, 0.4) is 0 Å². The lowest BCUT2D eigenvalue weighted by Gasteiger charge is -2.20. The summed E-state index contributed by atoms with van der Waals surface area (Å²) in [5, 5.41) is 0. The molecule has 1 fully saturated rings. The van der Waals surface area contributed by atoms with Crippen LogP contribution in [-0.4, -0.2) is 17.6 Å². The average Bonchev–Trinajstić information content (AvgIpc) is 3.09. The number of hydrogen-bond donors (Lipinski definition) is 1. The van der Waals surface area contributed by atoms with E-state index in [1.165, 1.54) is 12.8 Å². The molecule has 102 valence electrons. The smallest absolute Gasteiger partial charge is 0.298 e. The maximum atomic E-state index is 5.88. The van der Waals surface area contributed by atoms with Gasteiger partial charge in [-0.3, -0.25) is 0 Å². The minimum atomic E-state index is 0.615. The van der Waals surface area contributed by atoms with Gasteiger partial charge in [0.1, 0.15) is 5.52 Å². The third kappa shape index (κ3) is 2.67. The lowest BCUT2D eigenvalue weighted by Crippen LogP contribution is -2.27. The van der Waals surface area contributed by atoms with Crippen molar-refractivity contribution in [2.75, 3.05) is 17.2 Å². The van der Waals surface area contributed by atoms with E-state index < -0.39 is 0 Å². The van der Waals surface area contributed by atoms with Crippen molar-refractivity contribution in [2.24, 2.45) is 5.92 Å². The van der Waals surface area contributed by atoms with Gasteiger partial charge in [0.15, 0.2) is 5.58 Å². The Labute approximate surface area is 113 Å². The predicted octanol–water partition coefficient (Wildman–Crippen LogP) is 3.42. The van der Waals surface area contributed by atoms with Crippen molar-refractivity contribution < 1.29 is 4.42 Å². The minimum Gasteiger partial charge on any atom is -0.423 e. The standard InChI is InChI=1S/C15H21N3O/c1-10(2)7-8-18(12-4-5-12)15-17-13-9-11(16)3-6-14(13)19-15/h3,6,9-10,12H,4-5,7-8,16H2,1-2H3. The lowest BCUT2D eigenvalue weighted by molar-refractivity contribution is 0.521. The van der Waals surface area contributed by atoms with Crippen molar-refractivity contribution in [1.29, 1.82) is 0 Å². The summed E-state index contributed by atoms with van der Waals surface area (Å²) in [5.41, 5.74) is 8.18. The molecular weight excluding hydrogens is 238 g/mol. The molecule has 1 aliphatic carbocycles. The number of nitrogens with two attached hydrogens (primary N) is 1. The first kappa shape index (κ1) is 12.3. The first-order valence-electron chi connectivity index (χ1n) is 7.06. The molecule has 1 aliphatic rings. The maximum Gasteiger partial charge on any atom is 0.298 e. The Kier molecular flexibility index (Phi) is 3.09. The molecule has 0 aliphatic heterocycles. The predicted molar refractivity (Wildman–Crippen MR) is 78.2 cm³/mol. The van der Waals surface area contributed by atoms with Crippen LogP contribution in [0.5, 0.6) is 0 Å². The second-order valence-electron chi connectivity index (χ2n) is 5.83. The molecular formula is C15H21N3O. The Bertz CT molecular complexity index is 572. The van der Waals surface area contributed by atoms with Crippen LogP contribution in [0.25, 0.3) is 11.1 Å². The van der Waals surface area contributed by atoms with E-state index in [4.69, 9.17) is 10.2 Å². The summed E-state index contributed by atoms with van der Waals surface area (Å²) < 4.78 is 5.88. The minimum absolute atomic E-state index is 0.615. The van der Waals surface area contributed by atoms with E-state index >= 15 is 0 Å². The van der Waals surface area contributed by atoms with Crippen LogP contribution in [0.2, 0.25) is 0 Å². The van der Waals surface area contributed by atoms with Gasteiger partial charge in [0.05, 0.1) is 0 Å². The van der Waals surface area contributed by atoms with Crippen LogP contribution in [-0.2, 0) is 0 Å². The van der Waals surface area contributed by atoms with Crippen molar-refractivity contribution in [3.05, 3.63) is 18.2 Å².